The first-order chi connectivity index (χ1) is 19.4. The lowest BCUT2D eigenvalue weighted by atomic mass is 9.86. The average Bonchev–Trinajstić information content (AvgIpc) is 3.50. The molecule has 0 bridgehead atoms. The van der Waals surface area contributed by atoms with Crippen LogP contribution >= 0.6 is 0 Å². The lowest BCUT2D eigenvalue weighted by molar-refractivity contribution is -0.136. The molecule has 0 spiro atoms. The molecular weight excluding hydrogens is 511 g/mol. The number of ether oxygens (including phenoxy) is 2. The van der Waals surface area contributed by atoms with Gasteiger partial charge in [0, 0.05) is 84.3 Å². The first kappa shape index (κ1) is 29.3. The van der Waals surface area contributed by atoms with Crippen LogP contribution in [-0.4, -0.2) is 112 Å². The van der Waals surface area contributed by atoms with E-state index in [1.165, 1.54) is 5.56 Å². The highest BCUT2D eigenvalue weighted by atomic mass is 19.1. The Hall–Kier alpha value is -2.23. The van der Waals surface area contributed by atoms with E-state index in [1.807, 2.05) is 13.1 Å². The van der Waals surface area contributed by atoms with Crippen LogP contribution in [0, 0.1) is 17.7 Å². The van der Waals surface area contributed by atoms with Gasteiger partial charge in [-0.05, 0) is 75.1 Å². The topological polar surface area (TPSA) is 65.6 Å². The minimum Gasteiger partial charge on any atom is -0.383 e. The number of nitrogens with zero attached hydrogens (tertiary/aromatic N) is 4. The predicted octanol–water partition coefficient (Wildman–Crippen LogP) is 3.35. The molecule has 1 aromatic rings. The van der Waals surface area contributed by atoms with E-state index in [4.69, 9.17) is 9.47 Å². The van der Waals surface area contributed by atoms with Crippen LogP contribution in [0.4, 0.5) is 10.1 Å². The molecule has 4 fully saturated rings. The van der Waals surface area contributed by atoms with Gasteiger partial charge in [0.25, 0.3) is 0 Å². The summed E-state index contributed by atoms with van der Waals surface area (Å²) in [6.45, 7) is 7.71. The van der Waals surface area contributed by atoms with Crippen LogP contribution < -0.4 is 4.90 Å². The lowest BCUT2D eigenvalue weighted by Gasteiger charge is -2.38. The van der Waals surface area contributed by atoms with Gasteiger partial charge in [-0.3, -0.25) is 14.5 Å². The Labute approximate surface area is 238 Å². The van der Waals surface area contributed by atoms with Crippen LogP contribution in [0.5, 0.6) is 0 Å². The number of methoxy groups -OCH3 is 1. The summed E-state index contributed by atoms with van der Waals surface area (Å²) >= 11 is 0. The van der Waals surface area contributed by atoms with Crippen LogP contribution in [0.15, 0.2) is 18.2 Å². The molecule has 1 atom stereocenters. The summed E-state index contributed by atoms with van der Waals surface area (Å²) in [5, 5.41) is 0. The van der Waals surface area contributed by atoms with E-state index < -0.39 is 0 Å². The van der Waals surface area contributed by atoms with Crippen molar-refractivity contribution in [2.24, 2.45) is 11.8 Å². The Morgan fingerprint density at radius 2 is 1.68 bits per heavy atom. The molecule has 0 radical (unpaired) electrons. The Bertz CT molecular complexity index is 1000. The first-order valence-corrected chi connectivity index (χ1v) is 15.3. The minimum atomic E-state index is -0.223. The molecular formula is C31H47FN4O4. The Morgan fingerprint density at radius 1 is 0.975 bits per heavy atom. The molecule has 9 heteroatoms. The van der Waals surface area contributed by atoms with E-state index in [0.29, 0.717) is 31.0 Å². The number of amides is 2. The van der Waals surface area contributed by atoms with Crippen molar-refractivity contribution in [2.75, 3.05) is 84.7 Å². The van der Waals surface area contributed by atoms with Crippen molar-refractivity contribution in [3.8, 4) is 0 Å². The van der Waals surface area contributed by atoms with Crippen molar-refractivity contribution >= 4 is 17.5 Å². The molecule has 0 aliphatic carbocycles. The normalized spacial score (nSPS) is 24.0. The second-order valence-corrected chi connectivity index (χ2v) is 12.1. The number of anilines is 1. The molecule has 1 aromatic carbocycles. The molecule has 8 nitrogen and oxygen atoms in total. The summed E-state index contributed by atoms with van der Waals surface area (Å²) in [4.78, 5) is 34.9. The van der Waals surface area contributed by atoms with Crippen molar-refractivity contribution in [2.45, 2.75) is 56.9 Å². The van der Waals surface area contributed by atoms with Gasteiger partial charge in [0.15, 0.2) is 0 Å². The maximum Gasteiger partial charge on any atom is 0.227 e. The minimum absolute atomic E-state index is 0.00215. The van der Waals surface area contributed by atoms with Crippen LogP contribution in [0.3, 0.4) is 0 Å². The largest absolute Gasteiger partial charge is 0.383 e. The molecule has 0 N–H and O–H groups in total. The Balaban J connectivity index is 1.15. The molecule has 0 aromatic heterocycles. The third-order valence-electron chi connectivity index (χ3n) is 9.71. The zero-order valence-electron chi connectivity index (χ0n) is 24.4. The molecule has 4 aliphatic heterocycles. The Kier molecular flexibility index (Phi) is 9.97. The smallest absolute Gasteiger partial charge is 0.227 e. The van der Waals surface area contributed by atoms with E-state index in [-0.39, 0.29) is 23.6 Å². The third kappa shape index (κ3) is 6.80. The van der Waals surface area contributed by atoms with E-state index >= 15 is 0 Å². The van der Waals surface area contributed by atoms with Crippen molar-refractivity contribution < 1.29 is 23.5 Å². The number of halogens is 1. The molecule has 2 amide bonds. The van der Waals surface area contributed by atoms with Crippen molar-refractivity contribution in [3.63, 3.8) is 0 Å². The molecule has 4 heterocycles. The third-order valence-corrected chi connectivity index (χ3v) is 9.71. The first-order valence-electron chi connectivity index (χ1n) is 15.3. The monoisotopic (exact) mass is 558 g/mol. The van der Waals surface area contributed by atoms with Gasteiger partial charge < -0.3 is 24.2 Å². The van der Waals surface area contributed by atoms with Gasteiger partial charge in [-0.15, -0.1) is 0 Å². The van der Waals surface area contributed by atoms with E-state index in [9.17, 15) is 14.0 Å². The summed E-state index contributed by atoms with van der Waals surface area (Å²) < 4.78 is 25.1. The number of likely N-dealkylation sites (tertiary alicyclic amines) is 2. The number of likely N-dealkylation sites (N-methyl/N-ethyl adjacent to an activating group) is 1. The van der Waals surface area contributed by atoms with Crippen LogP contribution in [0.1, 0.15) is 56.4 Å². The van der Waals surface area contributed by atoms with Gasteiger partial charge in [0.1, 0.15) is 5.82 Å². The summed E-state index contributed by atoms with van der Waals surface area (Å²) in [7, 11) is 3.48. The molecule has 4 aliphatic rings. The predicted molar refractivity (Wildman–Crippen MR) is 153 cm³/mol. The van der Waals surface area contributed by atoms with Gasteiger partial charge in [0.2, 0.25) is 11.8 Å². The number of carbonyl (C=O) groups excluding carboxylic acids is 2. The second kappa shape index (κ2) is 13.6. The number of rotatable bonds is 8. The Morgan fingerprint density at radius 3 is 2.38 bits per heavy atom. The fourth-order valence-corrected chi connectivity index (χ4v) is 7.19. The molecule has 222 valence electrons. The van der Waals surface area contributed by atoms with Gasteiger partial charge in [0.05, 0.1) is 12.5 Å². The SMILES string of the molecule is COCCN(C)C(=O)C1CCN(c2cc(F)ccc2C2CCN(C(=O)[C@H]3CCN(C4CCOCC4)C3)CC2)CC1. The number of hydrogen-bond acceptors (Lipinski definition) is 6. The standard InChI is InChI=1S/C31H47FN4O4/c1-33(17-20-39-2)30(37)24-7-12-34(13-8-24)29-21-26(32)3-4-28(29)23-5-14-35(15-6-23)31(38)25-9-16-36(22-25)27-10-18-40-19-11-27/h3-4,21,23-25,27H,5-20,22H2,1-2H3/t25-/m0/s1. The summed E-state index contributed by atoms with van der Waals surface area (Å²) in [5.74, 6) is 0.683. The fourth-order valence-electron chi connectivity index (χ4n) is 7.19. The number of piperidine rings is 2. The maximum atomic E-state index is 14.4. The van der Waals surface area contributed by atoms with Gasteiger partial charge in [-0.2, -0.15) is 0 Å². The highest BCUT2D eigenvalue weighted by molar-refractivity contribution is 5.80. The maximum absolute atomic E-state index is 14.4. The molecule has 40 heavy (non-hydrogen) atoms. The molecule has 0 unspecified atom stereocenters. The van der Waals surface area contributed by atoms with Crippen LogP contribution in [0.2, 0.25) is 0 Å². The summed E-state index contributed by atoms with van der Waals surface area (Å²) in [5.41, 5.74) is 2.15. The quantitative estimate of drug-likeness (QED) is 0.488. The van der Waals surface area contributed by atoms with Gasteiger partial charge in [-0.25, -0.2) is 4.39 Å². The van der Waals surface area contributed by atoms with Crippen LogP contribution in [0.25, 0.3) is 0 Å². The highest BCUT2D eigenvalue weighted by Gasteiger charge is 2.37. The number of hydrogen-bond donors (Lipinski definition) is 0. The zero-order valence-corrected chi connectivity index (χ0v) is 24.4. The molecule has 0 saturated carbocycles. The lowest BCUT2D eigenvalue weighted by Crippen LogP contribution is -2.44. The fraction of sp³-hybridized carbons (Fsp3) is 0.742. The molecule has 5 rings (SSSR count). The number of benzene rings is 1. The van der Waals surface area contributed by atoms with Crippen molar-refractivity contribution in [1.29, 1.82) is 0 Å². The summed E-state index contributed by atoms with van der Waals surface area (Å²) in [6, 6.07) is 5.75. The summed E-state index contributed by atoms with van der Waals surface area (Å²) in [6.07, 6.45) is 6.45. The van der Waals surface area contributed by atoms with Gasteiger partial charge in [-0.1, -0.05) is 6.07 Å². The van der Waals surface area contributed by atoms with Crippen molar-refractivity contribution in [3.05, 3.63) is 29.6 Å². The van der Waals surface area contributed by atoms with Crippen molar-refractivity contribution in [1.82, 2.24) is 14.7 Å². The van der Waals surface area contributed by atoms with E-state index in [0.717, 1.165) is 103 Å². The van der Waals surface area contributed by atoms with Gasteiger partial charge >= 0.3 is 0 Å². The second-order valence-electron chi connectivity index (χ2n) is 12.1. The molecule has 4 saturated heterocycles. The highest BCUT2D eigenvalue weighted by Crippen LogP contribution is 2.38. The average molecular weight is 559 g/mol. The van der Waals surface area contributed by atoms with E-state index in [2.05, 4.69) is 14.7 Å². The number of carbonyl (C=O) groups is 2. The zero-order chi connectivity index (χ0) is 28.1. The van der Waals surface area contributed by atoms with Crippen LogP contribution in [-0.2, 0) is 19.1 Å². The van der Waals surface area contributed by atoms with E-state index in [1.54, 1.807) is 24.1 Å².